The molecule has 19 heavy (non-hydrogen) atoms. The number of hydrogen-bond acceptors (Lipinski definition) is 4. The van der Waals surface area contributed by atoms with E-state index in [4.69, 9.17) is 11.6 Å². The predicted octanol–water partition coefficient (Wildman–Crippen LogP) is 0.0291. The largest absolute Gasteiger partial charge is 0.390 e. The number of halogens is 2. The van der Waals surface area contributed by atoms with Gasteiger partial charge in [0.25, 0.3) is 5.91 Å². The second kappa shape index (κ2) is 5.41. The molecule has 2 rings (SSSR count). The molecular weight excluding hydrogens is 277 g/mol. The van der Waals surface area contributed by atoms with Crippen molar-refractivity contribution < 1.29 is 19.1 Å². The SMILES string of the molecule is O=C1NCC(O)C1C(=O)NNc1cc(F)cc(Cl)c1. The van der Waals surface area contributed by atoms with Gasteiger partial charge >= 0.3 is 0 Å². The summed E-state index contributed by atoms with van der Waals surface area (Å²) in [4.78, 5) is 23.0. The van der Waals surface area contributed by atoms with Gasteiger partial charge in [-0.05, 0) is 18.2 Å². The maximum Gasteiger partial charge on any atom is 0.253 e. The molecule has 0 aliphatic carbocycles. The van der Waals surface area contributed by atoms with Gasteiger partial charge in [-0.1, -0.05) is 11.6 Å². The van der Waals surface area contributed by atoms with Gasteiger partial charge in [0.1, 0.15) is 11.7 Å². The van der Waals surface area contributed by atoms with Gasteiger partial charge in [0.15, 0.2) is 0 Å². The fourth-order valence-electron chi connectivity index (χ4n) is 1.74. The summed E-state index contributed by atoms with van der Waals surface area (Å²) in [5, 5.41) is 12.0. The van der Waals surface area contributed by atoms with E-state index < -0.39 is 29.7 Å². The number of aliphatic hydroxyl groups excluding tert-OH is 1. The normalized spacial score (nSPS) is 21.9. The summed E-state index contributed by atoms with van der Waals surface area (Å²) >= 11 is 5.64. The smallest absolute Gasteiger partial charge is 0.253 e. The van der Waals surface area contributed by atoms with Crippen LogP contribution in [0, 0.1) is 11.7 Å². The molecule has 1 heterocycles. The second-order valence-electron chi connectivity index (χ2n) is 4.06. The zero-order chi connectivity index (χ0) is 14.0. The minimum atomic E-state index is -1.18. The highest BCUT2D eigenvalue weighted by Crippen LogP contribution is 2.17. The number of carbonyl (C=O) groups is 2. The van der Waals surface area contributed by atoms with Crippen LogP contribution < -0.4 is 16.2 Å². The molecule has 8 heteroatoms. The highest BCUT2D eigenvalue weighted by atomic mass is 35.5. The molecule has 0 bridgehead atoms. The second-order valence-corrected chi connectivity index (χ2v) is 4.50. The van der Waals surface area contributed by atoms with Crippen molar-refractivity contribution in [2.45, 2.75) is 6.10 Å². The summed E-state index contributed by atoms with van der Waals surface area (Å²) in [5.41, 5.74) is 4.88. The Morgan fingerprint density at radius 2 is 2.21 bits per heavy atom. The van der Waals surface area contributed by atoms with Gasteiger partial charge in [0.05, 0.1) is 11.8 Å². The molecule has 1 aliphatic heterocycles. The minimum Gasteiger partial charge on any atom is -0.390 e. The molecule has 4 N–H and O–H groups in total. The summed E-state index contributed by atoms with van der Waals surface area (Å²) in [6, 6.07) is 3.64. The molecule has 0 saturated carbocycles. The molecule has 1 aromatic carbocycles. The van der Waals surface area contributed by atoms with Crippen molar-refractivity contribution in [3.63, 3.8) is 0 Å². The molecule has 1 aromatic rings. The van der Waals surface area contributed by atoms with Crippen LogP contribution in [0.15, 0.2) is 18.2 Å². The van der Waals surface area contributed by atoms with Crippen molar-refractivity contribution in [2.24, 2.45) is 5.92 Å². The van der Waals surface area contributed by atoms with Gasteiger partial charge in [-0.3, -0.25) is 20.4 Å². The maximum absolute atomic E-state index is 13.0. The molecular formula is C11H11ClFN3O3. The topological polar surface area (TPSA) is 90.5 Å². The number of carbonyl (C=O) groups excluding carboxylic acids is 2. The fraction of sp³-hybridized carbons (Fsp3) is 0.273. The molecule has 1 saturated heterocycles. The van der Waals surface area contributed by atoms with Crippen LogP contribution in [-0.2, 0) is 9.59 Å². The van der Waals surface area contributed by atoms with Crippen LogP contribution >= 0.6 is 11.6 Å². The van der Waals surface area contributed by atoms with E-state index in [9.17, 15) is 19.1 Å². The highest BCUT2D eigenvalue weighted by Gasteiger charge is 2.39. The van der Waals surface area contributed by atoms with Crippen molar-refractivity contribution in [3.05, 3.63) is 29.0 Å². The molecule has 2 unspecified atom stereocenters. The lowest BCUT2D eigenvalue weighted by molar-refractivity contribution is -0.135. The van der Waals surface area contributed by atoms with E-state index in [0.717, 1.165) is 12.1 Å². The van der Waals surface area contributed by atoms with Crippen LogP contribution in [0.5, 0.6) is 0 Å². The van der Waals surface area contributed by atoms with E-state index in [2.05, 4.69) is 16.2 Å². The Hall–Kier alpha value is -1.86. The van der Waals surface area contributed by atoms with Crippen molar-refractivity contribution in [2.75, 3.05) is 12.0 Å². The molecule has 0 aromatic heterocycles. The number of hydrazine groups is 1. The standard InChI is InChI=1S/C11H11ClFN3O3/c12-5-1-6(13)3-7(2-5)15-16-11(19)9-8(17)4-14-10(9)18/h1-3,8-9,15,17H,4H2,(H,14,18)(H,16,19). The van der Waals surface area contributed by atoms with Crippen LogP contribution in [-0.4, -0.2) is 29.6 Å². The Morgan fingerprint density at radius 1 is 1.47 bits per heavy atom. The van der Waals surface area contributed by atoms with Gasteiger partial charge < -0.3 is 10.4 Å². The number of β-amino-alcohol motifs (C(OH)–C–C–N with tert-alkyl or cyclic N) is 1. The molecule has 1 fully saturated rings. The summed E-state index contributed by atoms with van der Waals surface area (Å²) in [6.45, 7) is 0.0305. The van der Waals surface area contributed by atoms with E-state index in [0.29, 0.717) is 0 Å². The third-order valence-corrected chi connectivity index (χ3v) is 2.85. The van der Waals surface area contributed by atoms with Gasteiger partial charge in [-0.25, -0.2) is 4.39 Å². The van der Waals surface area contributed by atoms with Crippen LogP contribution in [0.2, 0.25) is 5.02 Å². The zero-order valence-electron chi connectivity index (χ0n) is 9.61. The van der Waals surface area contributed by atoms with Crippen LogP contribution in [0.25, 0.3) is 0 Å². The lowest BCUT2D eigenvalue weighted by atomic mass is 10.1. The molecule has 2 amide bonds. The molecule has 1 aliphatic rings. The number of nitrogens with one attached hydrogen (secondary N) is 3. The highest BCUT2D eigenvalue weighted by molar-refractivity contribution is 6.30. The number of hydrogen-bond donors (Lipinski definition) is 4. The van der Waals surface area contributed by atoms with Gasteiger partial charge in [-0.15, -0.1) is 0 Å². The fourth-order valence-corrected chi connectivity index (χ4v) is 1.96. The molecule has 0 spiro atoms. The lowest BCUT2D eigenvalue weighted by Gasteiger charge is -2.13. The molecule has 2 atom stereocenters. The summed E-state index contributed by atoms with van der Waals surface area (Å²) in [6.07, 6.45) is -1.08. The first-order chi connectivity index (χ1) is 8.97. The number of aliphatic hydroxyl groups is 1. The zero-order valence-corrected chi connectivity index (χ0v) is 10.4. The minimum absolute atomic E-state index is 0.0305. The number of anilines is 1. The Labute approximate surface area is 112 Å². The Kier molecular flexibility index (Phi) is 3.87. The summed E-state index contributed by atoms with van der Waals surface area (Å²) in [7, 11) is 0. The van der Waals surface area contributed by atoms with E-state index in [-0.39, 0.29) is 17.3 Å². The first kappa shape index (κ1) is 13.6. The molecule has 6 nitrogen and oxygen atoms in total. The molecule has 102 valence electrons. The molecule has 0 radical (unpaired) electrons. The van der Waals surface area contributed by atoms with E-state index in [1.54, 1.807) is 0 Å². The Bertz CT molecular complexity index is 506. The quantitative estimate of drug-likeness (QED) is 0.466. The summed E-state index contributed by atoms with van der Waals surface area (Å²) in [5.74, 6) is -3.01. The van der Waals surface area contributed by atoms with E-state index in [1.807, 2.05) is 0 Å². The van der Waals surface area contributed by atoms with Crippen LogP contribution in [0.3, 0.4) is 0 Å². The van der Waals surface area contributed by atoms with Gasteiger partial charge in [0, 0.05) is 11.6 Å². The van der Waals surface area contributed by atoms with E-state index >= 15 is 0 Å². The third-order valence-electron chi connectivity index (χ3n) is 2.63. The number of benzene rings is 1. The Balaban J connectivity index is 1.98. The van der Waals surface area contributed by atoms with Crippen LogP contribution in [0.1, 0.15) is 0 Å². The Morgan fingerprint density at radius 3 is 2.79 bits per heavy atom. The average molecular weight is 288 g/mol. The lowest BCUT2D eigenvalue weighted by Crippen LogP contribution is -2.42. The number of amides is 2. The predicted molar refractivity (Wildman–Crippen MR) is 65.7 cm³/mol. The van der Waals surface area contributed by atoms with Gasteiger partial charge in [-0.2, -0.15) is 0 Å². The first-order valence-corrected chi connectivity index (χ1v) is 5.83. The third kappa shape index (κ3) is 3.12. The van der Waals surface area contributed by atoms with Crippen molar-refractivity contribution in [1.82, 2.24) is 10.7 Å². The van der Waals surface area contributed by atoms with E-state index in [1.165, 1.54) is 6.07 Å². The van der Waals surface area contributed by atoms with Crippen molar-refractivity contribution in [1.29, 1.82) is 0 Å². The van der Waals surface area contributed by atoms with Crippen molar-refractivity contribution in [3.8, 4) is 0 Å². The summed E-state index contributed by atoms with van der Waals surface area (Å²) < 4.78 is 13.0. The first-order valence-electron chi connectivity index (χ1n) is 5.45. The maximum atomic E-state index is 13.0. The average Bonchev–Trinajstić information content (AvgIpc) is 2.65. The number of rotatable bonds is 3. The van der Waals surface area contributed by atoms with Crippen LogP contribution in [0.4, 0.5) is 10.1 Å². The van der Waals surface area contributed by atoms with Gasteiger partial charge in [0.2, 0.25) is 5.91 Å². The monoisotopic (exact) mass is 287 g/mol. The van der Waals surface area contributed by atoms with Crippen molar-refractivity contribution >= 4 is 29.1 Å².